The molecule has 148 valence electrons. The molecule has 0 aliphatic heterocycles. The van der Waals surface area contributed by atoms with Gasteiger partial charge in [0.25, 0.3) is 0 Å². The Kier molecular flexibility index (Phi) is 7.47. The lowest BCUT2D eigenvalue weighted by Gasteiger charge is -2.36. The molecule has 0 fully saturated rings. The van der Waals surface area contributed by atoms with Crippen LogP contribution < -0.4 is 9.47 Å². The van der Waals surface area contributed by atoms with Crippen molar-refractivity contribution in [3.63, 3.8) is 0 Å². The molecule has 0 aliphatic carbocycles. The highest BCUT2D eigenvalue weighted by Gasteiger charge is 2.37. The first-order valence-electron chi connectivity index (χ1n) is 9.28. The highest BCUT2D eigenvalue weighted by Crippen LogP contribution is 2.37. The molecule has 0 spiro atoms. The van der Waals surface area contributed by atoms with E-state index in [1.54, 1.807) is 7.11 Å². The van der Waals surface area contributed by atoms with E-state index in [9.17, 15) is 0 Å². The molecule has 0 saturated carbocycles. The van der Waals surface area contributed by atoms with Crippen molar-refractivity contribution >= 4 is 8.32 Å². The first kappa shape index (κ1) is 21.5. The van der Waals surface area contributed by atoms with E-state index in [2.05, 4.69) is 33.9 Å². The maximum Gasteiger partial charge on any atom is 0.192 e. The average molecular weight is 389 g/mol. The summed E-state index contributed by atoms with van der Waals surface area (Å²) in [5.74, 6) is 1.48. The smallest absolute Gasteiger partial charge is 0.192 e. The van der Waals surface area contributed by atoms with E-state index in [-0.39, 0.29) is 11.8 Å². The zero-order chi connectivity index (χ0) is 19.9. The molecule has 2 aromatic rings. The summed E-state index contributed by atoms with van der Waals surface area (Å²) in [6.45, 7) is 12.5. The molecule has 4 nitrogen and oxygen atoms in total. The van der Waals surface area contributed by atoms with E-state index in [1.165, 1.54) is 0 Å². The molecule has 0 bridgehead atoms. The van der Waals surface area contributed by atoms with Gasteiger partial charge in [-0.3, -0.25) is 0 Å². The van der Waals surface area contributed by atoms with Crippen molar-refractivity contribution in [2.24, 2.45) is 0 Å². The highest BCUT2D eigenvalue weighted by molar-refractivity contribution is 6.74. The normalized spacial score (nSPS) is 12.1. The van der Waals surface area contributed by atoms with Crippen molar-refractivity contribution < 1.29 is 18.6 Å². The third kappa shape index (κ3) is 6.68. The van der Waals surface area contributed by atoms with Gasteiger partial charge in [0.15, 0.2) is 15.1 Å². The van der Waals surface area contributed by atoms with Crippen molar-refractivity contribution in [3.05, 3.63) is 59.7 Å². The summed E-state index contributed by atoms with van der Waals surface area (Å²) in [5.41, 5.74) is 2.16. The summed E-state index contributed by atoms with van der Waals surface area (Å²) < 4.78 is 23.0. The highest BCUT2D eigenvalue weighted by atomic mass is 28.4. The summed E-state index contributed by atoms with van der Waals surface area (Å²) >= 11 is 0. The third-order valence-corrected chi connectivity index (χ3v) is 9.42. The van der Waals surface area contributed by atoms with E-state index < -0.39 is 8.32 Å². The summed E-state index contributed by atoms with van der Waals surface area (Å²) in [6.07, 6.45) is 0. The molecule has 0 atom stereocenters. The van der Waals surface area contributed by atoms with Crippen LogP contribution in [0.1, 0.15) is 31.9 Å². The van der Waals surface area contributed by atoms with Crippen molar-refractivity contribution in [1.82, 2.24) is 0 Å². The Morgan fingerprint density at radius 3 is 2.04 bits per heavy atom. The number of ether oxygens (including phenoxy) is 3. The fourth-order valence-corrected chi connectivity index (χ4v) is 3.19. The topological polar surface area (TPSA) is 36.9 Å². The second-order valence-corrected chi connectivity index (χ2v) is 13.0. The van der Waals surface area contributed by atoms with Crippen molar-refractivity contribution in [3.8, 4) is 11.5 Å². The summed E-state index contributed by atoms with van der Waals surface area (Å²) in [5, 5.41) is 0.170. The molecule has 2 aromatic carbocycles. The number of benzene rings is 2. The molecule has 0 aliphatic rings. The number of hydrogen-bond donors (Lipinski definition) is 0. The molecular weight excluding hydrogens is 356 g/mol. The fourth-order valence-electron chi connectivity index (χ4n) is 2.23. The second-order valence-electron chi connectivity index (χ2n) is 8.19. The van der Waals surface area contributed by atoms with E-state index in [4.69, 9.17) is 18.6 Å². The minimum atomic E-state index is -1.83. The summed E-state index contributed by atoms with van der Waals surface area (Å²) in [7, 11) is -0.217. The van der Waals surface area contributed by atoms with Gasteiger partial charge in [-0.15, -0.1) is 0 Å². The van der Waals surface area contributed by atoms with Crippen LogP contribution in [-0.2, 0) is 22.4 Å². The molecule has 0 amide bonds. The van der Waals surface area contributed by atoms with Crippen LogP contribution in [0.3, 0.4) is 0 Å². The van der Waals surface area contributed by atoms with Gasteiger partial charge in [-0.25, -0.2) is 0 Å². The van der Waals surface area contributed by atoms with Crippen molar-refractivity contribution in [2.45, 2.75) is 52.1 Å². The van der Waals surface area contributed by atoms with E-state index in [0.717, 1.165) is 22.6 Å². The quantitative estimate of drug-likeness (QED) is 0.404. The Morgan fingerprint density at radius 2 is 1.44 bits per heavy atom. The van der Waals surface area contributed by atoms with Gasteiger partial charge in [0.2, 0.25) is 0 Å². The van der Waals surface area contributed by atoms with Gasteiger partial charge in [-0.2, -0.15) is 0 Å². The van der Waals surface area contributed by atoms with Crippen LogP contribution in [0.5, 0.6) is 11.5 Å². The van der Waals surface area contributed by atoms with Crippen LogP contribution in [0, 0.1) is 0 Å². The van der Waals surface area contributed by atoms with E-state index >= 15 is 0 Å². The maximum absolute atomic E-state index is 6.35. The molecule has 5 heteroatoms. The van der Waals surface area contributed by atoms with Crippen LogP contribution in [0.25, 0.3) is 0 Å². The van der Waals surface area contributed by atoms with Crippen molar-refractivity contribution in [2.75, 3.05) is 13.9 Å². The largest absolute Gasteiger partial charge is 0.489 e. The predicted molar refractivity (Wildman–Crippen MR) is 112 cm³/mol. The van der Waals surface area contributed by atoms with Crippen molar-refractivity contribution in [1.29, 1.82) is 0 Å². The minimum absolute atomic E-state index is 0.170. The Morgan fingerprint density at radius 1 is 0.815 bits per heavy atom. The van der Waals surface area contributed by atoms with Gasteiger partial charge in [0, 0.05) is 13.2 Å². The maximum atomic E-state index is 6.35. The fraction of sp³-hybridized carbons (Fsp3) is 0.455. The van der Waals surface area contributed by atoms with Gasteiger partial charge in [0.1, 0.15) is 18.1 Å². The van der Waals surface area contributed by atoms with Gasteiger partial charge in [-0.05, 0) is 41.4 Å². The van der Waals surface area contributed by atoms with Crippen LogP contribution >= 0.6 is 0 Å². The first-order chi connectivity index (χ1) is 12.7. The molecule has 0 saturated heterocycles. The number of methoxy groups -OCH3 is 1. The second kappa shape index (κ2) is 9.40. The molecule has 0 heterocycles. The molecular formula is C22H32O4Si. The molecule has 0 unspecified atom stereocenters. The Bertz CT molecular complexity index is 708. The lowest BCUT2D eigenvalue weighted by atomic mass is 10.2. The zero-order valence-electron chi connectivity index (χ0n) is 17.4. The molecule has 2 rings (SSSR count). The van der Waals surface area contributed by atoms with Crippen LogP contribution in [0.2, 0.25) is 18.1 Å². The number of hydrogen-bond acceptors (Lipinski definition) is 4. The van der Waals surface area contributed by atoms with E-state index in [1.807, 2.05) is 48.5 Å². The van der Waals surface area contributed by atoms with Crippen LogP contribution in [-0.4, -0.2) is 22.2 Å². The molecule has 0 N–H and O–H groups in total. The zero-order valence-corrected chi connectivity index (χ0v) is 18.4. The van der Waals surface area contributed by atoms with Gasteiger partial charge >= 0.3 is 0 Å². The first-order valence-corrected chi connectivity index (χ1v) is 12.2. The monoisotopic (exact) mass is 388 g/mol. The Balaban J connectivity index is 2.12. The van der Waals surface area contributed by atoms with Crippen LogP contribution in [0.4, 0.5) is 0 Å². The standard InChI is InChI=1S/C22H32O4Si/c1-22(2,3)27(5,6)26-16-19-12-20(14-21(13-19)25-17-23-4)24-15-18-10-8-7-9-11-18/h7-14H,15-17H2,1-6H3. The Labute approximate surface area is 164 Å². The van der Waals surface area contributed by atoms with Gasteiger partial charge in [0.05, 0.1) is 6.61 Å². The van der Waals surface area contributed by atoms with Gasteiger partial charge < -0.3 is 18.6 Å². The lowest BCUT2D eigenvalue weighted by molar-refractivity contribution is 0.0508. The molecule has 0 radical (unpaired) electrons. The predicted octanol–water partition coefficient (Wildman–Crippen LogP) is 5.77. The third-order valence-electron chi connectivity index (χ3n) is 4.94. The Hall–Kier alpha value is -1.82. The summed E-state index contributed by atoms with van der Waals surface area (Å²) in [4.78, 5) is 0. The van der Waals surface area contributed by atoms with Crippen LogP contribution in [0.15, 0.2) is 48.5 Å². The number of rotatable bonds is 9. The molecule has 27 heavy (non-hydrogen) atoms. The average Bonchev–Trinajstić information content (AvgIpc) is 2.63. The SMILES string of the molecule is COCOc1cc(CO[Si](C)(C)C(C)(C)C)cc(OCc2ccccc2)c1. The lowest BCUT2D eigenvalue weighted by Crippen LogP contribution is -2.40. The summed E-state index contributed by atoms with van der Waals surface area (Å²) in [6, 6.07) is 16.0. The van der Waals surface area contributed by atoms with Gasteiger partial charge in [-0.1, -0.05) is 51.1 Å². The molecule has 0 aromatic heterocycles. The minimum Gasteiger partial charge on any atom is -0.489 e. The van der Waals surface area contributed by atoms with E-state index in [0.29, 0.717) is 13.2 Å².